The van der Waals surface area contributed by atoms with Crippen molar-refractivity contribution in [3.8, 4) is 0 Å². The van der Waals surface area contributed by atoms with E-state index in [0.717, 1.165) is 6.07 Å². The molecular weight excluding hydrogens is 239 g/mol. The fourth-order valence-corrected chi connectivity index (χ4v) is 2.05. The number of rotatable bonds is 0. The van der Waals surface area contributed by atoms with Crippen LogP contribution in [0.5, 0.6) is 0 Å². The van der Waals surface area contributed by atoms with E-state index in [-0.39, 0.29) is 10.8 Å². The predicted molar refractivity (Wildman–Crippen MR) is 66.9 cm³/mol. The van der Waals surface area contributed by atoms with Crippen LogP contribution in [0.3, 0.4) is 0 Å². The second-order valence-electron chi connectivity index (χ2n) is 5.40. The van der Waals surface area contributed by atoms with Gasteiger partial charge in [-0.3, -0.25) is 0 Å². The van der Waals surface area contributed by atoms with Crippen LogP contribution in [-0.2, 0) is 5.41 Å². The highest BCUT2D eigenvalue weighted by Gasteiger charge is 2.23. The molecule has 0 radical (unpaired) electrons. The van der Waals surface area contributed by atoms with Gasteiger partial charge in [0, 0.05) is 11.1 Å². The van der Waals surface area contributed by atoms with Crippen molar-refractivity contribution < 1.29 is 13.2 Å². The van der Waals surface area contributed by atoms with Gasteiger partial charge in [-0.1, -0.05) is 20.8 Å². The lowest BCUT2D eigenvalue weighted by Gasteiger charge is -2.22. The van der Waals surface area contributed by atoms with E-state index in [4.69, 9.17) is 5.73 Å². The molecule has 0 fully saturated rings. The van der Waals surface area contributed by atoms with E-state index >= 15 is 0 Å². The second kappa shape index (κ2) is 3.90. The Kier molecular flexibility index (Phi) is 2.76. The molecule has 1 nitrogen and oxygen atoms in total. The maximum Gasteiger partial charge on any atom is 0.195 e. The normalized spacial score (nSPS) is 12.1. The van der Waals surface area contributed by atoms with Crippen molar-refractivity contribution in [1.29, 1.82) is 0 Å². The Labute approximate surface area is 103 Å². The summed E-state index contributed by atoms with van der Waals surface area (Å²) in [5, 5.41) is 0.368. The fourth-order valence-electron chi connectivity index (χ4n) is 2.05. The Morgan fingerprint density at radius 3 is 2.11 bits per heavy atom. The Bertz CT molecular complexity index is 627. The summed E-state index contributed by atoms with van der Waals surface area (Å²) in [6.07, 6.45) is 0. The Morgan fingerprint density at radius 2 is 1.56 bits per heavy atom. The summed E-state index contributed by atoms with van der Waals surface area (Å²) in [4.78, 5) is 0. The standard InChI is InChI=1S/C14H14F3N/c1-14(2,3)9-6-8(18)4-7-5-10(15)12(16)13(17)11(7)9/h4-6H,18H2,1-3H3. The molecule has 2 aromatic carbocycles. The number of nitrogen functional groups attached to an aromatic ring is 1. The minimum Gasteiger partial charge on any atom is -0.399 e. The zero-order chi connectivity index (χ0) is 13.7. The van der Waals surface area contributed by atoms with Crippen LogP contribution in [0.4, 0.5) is 18.9 Å². The Hall–Kier alpha value is -1.71. The molecule has 0 amide bonds. The monoisotopic (exact) mass is 253 g/mol. The Morgan fingerprint density at radius 1 is 0.944 bits per heavy atom. The lowest BCUT2D eigenvalue weighted by molar-refractivity contribution is 0.452. The smallest absolute Gasteiger partial charge is 0.195 e. The lowest BCUT2D eigenvalue weighted by atomic mass is 9.83. The third-order valence-electron chi connectivity index (χ3n) is 2.90. The summed E-state index contributed by atoms with van der Waals surface area (Å²) in [5.74, 6) is -3.81. The molecular formula is C14H14F3N. The molecule has 0 saturated carbocycles. The summed E-state index contributed by atoms with van der Waals surface area (Å²) in [7, 11) is 0. The first kappa shape index (κ1) is 12.7. The molecule has 0 unspecified atom stereocenters. The van der Waals surface area contributed by atoms with Gasteiger partial charge >= 0.3 is 0 Å². The molecule has 2 N–H and O–H groups in total. The first-order chi connectivity index (χ1) is 8.21. The minimum absolute atomic E-state index is 0.0931. The largest absolute Gasteiger partial charge is 0.399 e. The van der Waals surface area contributed by atoms with E-state index in [0.29, 0.717) is 11.3 Å². The number of fused-ring (bicyclic) bond motifs is 1. The number of halogens is 3. The highest BCUT2D eigenvalue weighted by Crippen LogP contribution is 2.35. The van der Waals surface area contributed by atoms with Crippen molar-refractivity contribution in [2.24, 2.45) is 0 Å². The highest BCUT2D eigenvalue weighted by atomic mass is 19.2. The van der Waals surface area contributed by atoms with Crippen molar-refractivity contribution in [3.05, 3.63) is 41.2 Å². The summed E-state index contributed by atoms with van der Waals surface area (Å²) in [6, 6.07) is 4.01. The molecule has 0 aliphatic rings. The lowest BCUT2D eigenvalue weighted by Crippen LogP contribution is -2.13. The Balaban J connectivity index is 2.99. The van der Waals surface area contributed by atoms with Crippen LogP contribution in [0.2, 0.25) is 0 Å². The van der Waals surface area contributed by atoms with E-state index in [1.807, 2.05) is 20.8 Å². The average molecular weight is 253 g/mol. The second-order valence-corrected chi connectivity index (χ2v) is 5.40. The van der Waals surface area contributed by atoms with E-state index in [1.54, 1.807) is 6.07 Å². The molecule has 0 saturated heterocycles. The molecule has 0 aliphatic heterocycles. The molecule has 4 heteroatoms. The molecule has 0 spiro atoms. The van der Waals surface area contributed by atoms with Crippen molar-refractivity contribution in [2.75, 3.05) is 5.73 Å². The van der Waals surface area contributed by atoms with Gasteiger partial charge in [0.1, 0.15) is 0 Å². The summed E-state index contributed by atoms with van der Waals surface area (Å²) in [6.45, 7) is 5.59. The summed E-state index contributed by atoms with van der Waals surface area (Å²) < 4.78 is 40.5. The minimum atomic E-state index is -1.45. The van der Waals surface area contributed by atoms with Gasteiger partial charge < -0.3 is 5.73 Å². The van der Waals surface area contributed by atoms with Gasteiger partial charge in [0.25, 0.3) is 0 Å². The van der Waals surface area contributed by atoms with Gasteiger partial charge in [0.05, 0.1) is 0 Å². The van der Waals surface area contributed by atoms with Crippen molar-refractivity contribution in [2.45, 2.75) is 26.2 Å². The SMILES string of the molecule is CC(C)(C)c1cc(N)cc2cc(F)c(F)c(F)c12. The van der Waals surface area contributed by atoms with Gasteiger partial charge in [0.2, 0.25) is 0 Å². The number of benzene rings is 2. The molecule has 2 rings (SSSR count). The first-order valence-corrected chi connectivity index (χ1v) is 5.59. The van der Waals surface area contributed by atoms with Crippen molar-refractivity contribution in [3.63, 3.8) is 0 Å². The van der Waals surface area contributed by atoms with Gasteiger partial charge in [-0.25, -0.2) is 13.2 Å². The van der Waals surface area contributed by atoms with E-state index in [1.165, 1.54) is 6.07 Å². The number of anilines is 1. The van der Waals surface area contributed by atoms with Gasteiger partial charge in [0.15, 0.2) is 17.5 Å². The fraction of sp³-hybridized carbons (Fsp3) is 0.286. The van der Waals surface area contributed by atoms with Crippen LogP contribution in [-0.4, -0.2) is 0 Å². The third-order valence-corrected chi connectivity index (χ3v) is 2.90. The molecule has 0 aromatic heterocycles. The maximum atomic E-state index is 13.9. The molecule has 2 aromatic rings. The highest BCUT2D eigenvalue weighted by molar-refractivity contribution is 5.90. The predicted octanol–water partition coefficient (Wildman–Crippen LogP) is 4.14. The van der Waals surface area contributed by atoms with Crippen LogP contribution in [0, 0.1) is 17.5 Å². The molecule has 0 aliphatic carbocycles. The zero-order valence-corrected chi connectivity index (χ0v) is 10.4. The molecule has 0 bridgehead atoms. The van der Waals surface area contributed by atoms with Crippen LogP contribution >= 0.6 is 0 Å². The summed E-state index contributed by atoms with van der Waals surface area (Å²) in [5.41, 5.74) is 6.27. The molecule has 18 heavy (non-hydrogen) atoms. The van der Waals surface area contributed by atoms with Gasteiger partial charge in [-0.05, 0) is 34.6 Å². The van der Waals surface area contributed by atoms with Crippen LogP contribution in [0.15, 0.2) is 18.2 Å². The number of nitrogens with two attached hydrogens (primary N) is 1. The van der Waals surface area contributed by atoms with Crippen molar-refractivity contribution >= 4 is 16.5 Å². The molecule has 0 heterocycles. The first-order valence-electron chi connectivity index (χ1n) is 5.59. The van der Waals surface area contributed by atoms with Gasteiger partial charge in [-0.15, -0.1) is 0 Å². The average Bonchev–Trinajstić information content (AvgIpc) is 2.23. The van der Waals surface area contributed by atoms with E-state index in [9.17, 15) is 13.2 Å². The molecule has 96 valence electrons. The quantitative estimate of drug-likeness (QED) is 0.554. The van der Waals surface area contributed by atoms with Crippen molar-refractivity contribution in [1.82, 2.24) is 0 Å². The van der Waals surface area contributed by atoms with Crippen LogP contribution in [0.25, 0.3) is 10.8 Å². The van der Waals surface area contributed by atoms with E-state index < -0.39 is 22.9 Å². The maximum absolute atomic E-state index is 13.9. The third kappa shape index (κ3) is 1.92. The molecule has 0 atom stereocenters. The van der Waals surface area contributed by atoms with Crippen LogP contribution < -0.4 is 5.73 Å². The van der Waals surface area contributed by atoms with E-state index in [2.05, 4.69) is 0 Å². The topological polar surface area (TPSA) is 26.0 Å². The summed E-state index contributed by atoms with van der Waals surface area (Å²) >= 11 is 0. The number of hydrogen-bond donors (Lipinski definition) is 1. The zero-order valence-electron chi connectivity index (χ0n) is 10.4. The number of hydrogen-bond acceptors (Lipinski definition) is 1. The van der Waals surface area contributed by atoms with Gasteiger partial charge in [-0.2, -0.15) is 0 Å². The van der Waals surface area contributed by atoms with Crippen LogP contribution in [0.1, 0.15) is 26.3 Å².